The zero-order chi connectivity index (χ0) is 23.0. The van der Waals surface area contributed by atoms with E-state index < -0.39 is 0 Å². The molecule has 1 fully saturated rings. The summed E-state index contributed by atoms with van der Waals surface area (Å²) in [5.41, 5.74) is 1.85. The van der Waals surface area contributed by atoms with Gasteiger partial charge >= 0.3 is 0 Å². The maximum atomic E-state index is 12.4. The number of benzene rings is 2. The summed E-state index contributed by atoms with van der Waals surface area (Å²) < 4.78 is 10.5. The van der Waals surface area contributed by atoms with Crippen molar-refractivity contribution in [2.75, 3.05) is 61.3 Å². The Labute approximate surface area is 197 Å². The first kappa shape index (κ1) is 22.7. The van der Waals surface area contributed by atoms with Crippen LogP contribution in [0, 0.1) is 0 Å². The van der Waals surface area contributed by atoms with Crippen molar-refractivity contribution in [1.29, 1.82) is 0 Å². The number of carbonyl (C=O) groups is 1. The van der Waals surface area contributed by atoms with Crippen molar-refractivity contribution in [1.82, 2.24) is 9.97 Å². The van der Waals surface area contributed by atoms with Crippen LogP contribution >= 0.6 is 11.8 Å². The minimum absolute atomic E-state index is 0.113. The first-order chi connectivity index (χ1) is 16.2. The van der Waals surface area contributed by atoms with E-state index in [2.05, 4.69) is 37.2 Å². The number of aromatic nitrogens is 2. The van der Waals surface area contributed by atoms with E-state index in [0.29, 0.717) is 11.4 Å². The monoisotopic (exact) mass is 465 g/mol. The van der Waals surface area contributed by atoms with Crippen molar-refractivity contribution in [3.8, 4) is 11.5 Å². The number of para-hydroxylation sites is 2. The maximum absolute atomic E-state index is 12.4. The minimum Gasteiger partial charge on any atom is -0.497 e. The summed E-state index contributed by atoms with van der Waals surface area (Å²) >= 11 is 1.39. The molecule has 0 bridgehead atoms. The zero-order valence-corrected chi connectivity index (χ0v) is 19.5. The summed E-state index contributed by atoms with van der Waals surface area (Å²) in [4.78, 5) is 25.8. The third kappa shape index (κ3) is 5.87. The van der Waals surface area contributed by atoms with Crippen molar-refractivity contribution in [2.45, 2.75) is 5.03 Å². The van der Waals surface area contributed by atoms with Gasteiger partial charge in [-0.15, -0.1) is 0 Å². The standard InChI is InChI=1S/C24H27N5O3S/c1-31-19-9-7-18(8-10-19)28-11-13-29(14-12-28)22-15-24(26-17-25-22)33-16-23(30)27-20-5-3-4-6-21(20)32-2/h3-10,15,17H,11-14,16H2,1-2H3,(H,27,30). The SMILES string of the molecule is COc1ccc(N2CCN(c3cc(SCC(=O)Nc4ccccc4OC)ncn3)CC2)cc1. The molecule has 1 aromatic heterocycles. The minimum atomic E-state index is -0.113. The molecular formula is C24H27N5O3S. The Hall–Kier alpha value is -3.46. The Balaban J connectivity index is 1.30. The molecule has 1 aliphatic rings. The molecule has 0 aliphatic carbocycles. The fourth-order valence-corrected chi connectivity index (χ4v) is 4.30. The molecule has 33 heavy (non-hydrogen) atoms. The molecule has 1 N–H and O–H groups in total. The molecule has 172 valence electrons. The molecule has 0 unspecified atom stereocenters. The van der Waals surface area contributed by atoms with Gasteiger partial charge in [0.25, 0.3) is 0 Å². The van der Waals surface area contributed by atoms with Gasteiger partial charge in [0.15, 0.2) is 0 Å². The molecule has 0 radical (unpaired) electrons. The van der Waals surface area contributed by atoms with E-state index in [1.807, 2.05) is 42.5 Å². The Morgan fingerprint density at radius 2 is 1.70 bits per heavy atom. The number of hydrogen-bond donors (Lipinski definition) is 1. The number of rotatable bonds is 8. The van der Waals surface area contributed by atoms with Crippen molar-refractivity contribution >= 4 is 34.9 Å². The van der Waals surface area contributed by atoms with Crippen LogP contribution in [0.5, 0.6) is 11.5 Å². The van der Waals surface area contributed by atoms with Gasteiger partial charge in [0.05, 0.1) is 25.7 Å². The van der Waals surface area contributed by atoms with E-state index in [0.717, 1.165) is 42.8 Å². The number of ether oxygens (including phenoxy) is 2. The summed E-state index contributed by atoms with van der Waals surface area (Å²) in [6, 6.07) is 17.4. The molecule has 0 atom stereocenters. The number of methoxy groups -OCH3 is 2. The summed E-state index contributed by atoms with van der Waals surface area (Å²) in [7, 11) is 3.26. The van der Waals surface area contributed by atoms with Gasteiger partial charge in [-0.25, -0.2) is 9.97 Å². The van der Waals surface area contributed by atoms with Crippen LogP contribution in [0.2, 0.25) is 0 Å². The molecule has 0 spiro atoms. The normalized spacial score (nSPS) is 13.5. The smallest absolute Gasteiger partial charge is 0.234 e. The molecular weight excluding hydrogens is 438 g/mol. The number of piperazine rings is 1. The average Bonchev–Trinajstić information content (AvgIpc) is 2.88. The molecule has 3 aromatic rings. The molecule has 2 heterocycles. The third-order valence-corrected chi connectivity index (χ3v) is 6.33. The van der Waals surface area contributed by atoms with Gasteiger partial charge in [-0.05, 0) is 36.4 Å². The van der Waals surface area contributed by atoms with Crippen LogP contribution in [0.1, 0.15) is 0 Å². The second-order valence-corrected chi connectivity index (χ2v) is 8.42. The average molecular weight is 466 g/mol. The van der Waals surface area contributed by atoms with Crippen LogP contribution in [-0.2, 0) is 4.79 Å². The molecule has 8 nitrogen and oxygen atoms in total. The van der Waals surface area contributed by atoms with Crippen molar-refractivity contribution < 1.29 is 14.3 Å². The number of amides is 1. The lowest BCUT2D eigenvalue weighted by molar-refractivity contribution is -0.113. The van der Waals surface area contributed by atoms with E-state index >= 15 is 0 Å². The van der Waals surface area contributed by atoms with Crippen LogP contribution in [-0.4, -0.2) is 62.0 Å². The summed E-state index contributed by atoms with van der Waals surface area (Å²) in [6.45, 7) is 3.53. The van der Waals surface area contributed by atoms with Crippen LogP contribution in [0.4, 0.5) is 17.2 Å². The molecule has 1 amide bonds. The lowest BCUT2D eigenvalue weighted by Crippen LogP contribution is -2.46. The van der Waals surface area contributed by atoms with Crippen LogP contribution in [0.3, 0.4) is 0 Å². The quantitative estimate of drug-likeness (QED) is 0.400. The molecule has 1 saturated heterocycles. The first-order valence-electron chi connectivity index (χ1n) is 10.7. The molecule has 4 rings (SSSR count). The summed E-state index contributed by atoms with van der Waals surface area (Å²) in [5, 5.41) is 3.66. The lowest BCUT2D eigenvalue weighted by atomic mass is 10.2. The van der Waals surface area contributed by atoms with Crippen molar-refractivity contribution in [3.05, 3.63) is 60.9 Å². The third-order valence-electron chi connectivity index (χ3n) is 5.40. The summed E-state index contributed by atoms with van der Waals surface area (Å²) in [6.07, 6.45) is 1.56. The van der Waals surface area contributed by atoms with Gasteiger partial charge in [0.2, 0.25) is 5.91 Å². The van der Waals surface area contributed by atoms with Crippen molar-refractivity contribution in [3.63, 3.8) is 0 Å². The van der Waals surface area contributed by atoms with Crippen LogP contribution < -0.4 is 24.6 Å². The van der Waals surface area contributed by atoms with Crippen LogP contribution in [0.15, 0.2) is 66.0 Å². The van der Waals surface area contributed by atoms with E-state index in [1.165, 1.54) is 17.4 Å². The number of hydrogen-bond acceptors (Lipinski definition) is 8. The lowest BCUT2D eigenvalue weighted by Gasteiger charge is -2.36. The van der Waals surface area contributed by atoms with Gasteiger partial charge in [0, 0.05) is 37.9 Å². The second kappa shape index (κ2) is 10.9. The van der Waals surface area contributed by atoms with Gasteiger partial charge < -0.3 is 24.6 Å². The second-order valence-electron chi connectivity index (χ2n) is 7.42. The molecule has 0 saturated carbocycles. The Kier molecular flexibility index (Phi) is 7.51. The highest BCUT2D eigenvalue weighted by Crippen LogP contribution is 2.26. The Bertz CT molecular complexity index is 1070. The van der Waals surface area contributed by atoms with Gasteiger partial charge in [-0.1, -0.05) is 23.9 Å². The number of nitrogens with zero attached hydrogens (tertiary/aromatic N) is 4. The first-order valence-corrected chi connectivity index (χ1v) is 11.7. The van der Waals surface area contributed by atoms with Crippen molar-refractivity contribution in [2.24, 2.45) is 0 Å². The van der Waals surface area contributed by atoms with E-state index in [1.54, 1.807) is 20.5 Å². The largest absolute Gasteiger partial charge is 0.497 e. The molecule has 9 heteroatoms. The number of carbonyl (C=O) groups excluding carboxylic acids is 1. The fraction of sp³-hybridized carbons (Fsp3) is 0.292. The van der Waals surface area contributed by atoms with Gasteiger partial charge in [-0.2, -0.15) is 0 Å². The number of nitrogens with one attached hydrogen (secondary N) is 1. The summed E-state index contributed by atoms with van der Waals surface area (Å²) in [5.74, 6) is 2.51. The molecule has 2 aromatic carbocycles. The van der Waals surface area contributed by atoms with E-state index in [9.17, 15) is 4.79 Å². The van der Waals surface area contributed by atoms with E-state index in [4.69, 9.17) is 9.47 Å². The number of thioether (sulfide) groups is 1. The van der Waals surface area contributed by atoms with Gasteiger partial charge in [0.1, 0.15) is 28.7 Å². The zero-order valence-electron chi connectivity index (χ0n) is 18.7. The Morgan fingerprint density at radius 3 is 2.42 bits per heavy atom. The maximum Gasteiger partial charge on any atom is 0.234 e. The predicted molar refractivity (Wildman–Crippen MR) is 132 cm³/mol. The highest BCUT2D eigenvalue weighted by atomic mass is 32.2. The highest BCUT2D eigenvalue weighted by Gasteiger charge is 2.19. The Morgan fingerprint density at radius 1 is 0.970 bits per heavy atom. The highest BCUT2D eigenvalue weighted by molar-refractivity contribution is 7.99. The van der Waals surface area contributed by atoms with Gasteiger partial charge in [-0.3, -0.25) is 4.79 Å². The topological polar surface area (TPSA) is 79.8 Å². The van der Waals surface area contributed by atoms with Crippen LogP contribution in [0.25, 0.3) is 0 Å². The number of anilines is 3. The predicted octanol–water partition coefficient (Wildman–Crippen LogP) is 3.55. The van der Waals surface area contributed by atoms with E-state index in [-0.39, 0.29) is 11.7 Å². The fourth-order valence-electron chi connectivity index (χ4n) is 3.64. The molecule has 1 aliphatic heterocycles.